The van der Waals surface area contributed by atoms with Gasteiger partial charge in [0.1, 0.15) is 5.60 Å². The first-order valence-corrected chi connectivity index (χ1v) is 4.55. The van der Waals surface area contributed by atoms with E-state index in [1.165, 1.54) is 0 Å². The van der Waals surface area contributed by atoms with Crippen molar-refractivity contribution >= 4 is 5.97 Å². The van der Waals surface area contributed by atoms with Crippen LogP contribution in [0.3, 0.4) is 0 Å². The predicted octanol–water partition coefficient (Wildman–Crippen LogP) is 0.968. The zero-order chi connectivity index (χ0) is 11.5. The standard InChI is InChI=1S/C9H14N2O4/c1-9(2,14-3)8-11-10-6(15-8)4-5-7(12)13/h4-5H2,1-3H3,(H,12,13). The molecule has 0 aromatic carbocycles. The second kappa shape index (κ2) is 4.39. The molecule has 0 saturated heterocycles. The SMILES string of the molecule is COC(C)(C)c1nnc(CCC(=O)O)o1. The van der Waals surface area contributed by atoms with Gasteiger partial charge in [-0.25, -0.2) is 0 Å². The van der Waals surface area contributed by atoms with E-state index in [1.807, 2.05) is 0 Å². The first-order valence-electron chi connectivity index (χ1n) is 4.55. The molecule has 1 aromatic rings. The summed E-state index contributed by atoms with van der Waals surface area (Å²) in [6.45, 7) is 3.59. The molecule has 0 aliphatic rings. The number of methoxy groups -OCH3 is 1. The monoisotopic (exact) mass is 214 g/mol. The van der Waals surface area contributed by atoms with Gasteiger partial charge in [0.25, 0.3) is 0 Å². The van der Waals surface area contributed by atoms with Crippen molar-refractivity contribution in [2.75, 3.05) is 7.11 Å². The third-order valence-corrected chi connectivity index (χ3v) is 2.04. The molecule has 0 amide bonds. The average molecular weight is 214 g/mol. The van der Waals surface area contributed by atoms with Crippen molar-refractivity contribution in [1.29, 1.82) is 0 Å². The maximum absolute atomic E-state index is 10.3. The minimum Gasteiger partial charge on any atom is -0.481 e. The zero-order valence-corrected chi connectivity index (χ0v) is 8.98. The van der Waals surface area contributed by atoms with Gasteiger partial charge in [0.2, 0.25) is 11.8 Å². The Labute approximate surface area is 87.3 Å². The first kappa shape index (κ1) is 11.6. The maximum Gasteiger partial charge on any atom is 0.303 e. The number of nitrogens with zero attached hydrogens (tertiary/aromatic N) is 2. The highest BCUT2D eigenvalue weighted by atomic mass is 16.5. The molecule has 15 heavy (non-hydrogen) atoms. The highest BCUT2D eigenvalue weighted by Crippen LogP contribution is 2.22. The van der Waals surface area contributed by atoms with Crippen molar-refractivity contribution in [3.05, 3.63) is 11.8 Å². The van der Waals surface area contributed by atoms with Crippen LogP contribution < -0.4 is 0 Å². The molecule has 1 rings (SSSR count). The minimum absolute atomic E-state index is 0.0188. The molecule has 84 valence electrons. The van der Waals surface area contributed by atoms with Crippen LogP contribution in [-0.2, 0) is 21.6 Å². The minimum atomic E-state index is -0.888. The summed E-state index contributed by atoms with van der Waals surface area (Å²) in [7, 11) is 1.54. The van der Waals surface area contributed by atoms with Crippen LogP contribution in [0, 0.1) is 0 Å². The van der Waals surface area contributed by atoms with Crippen molar-refractivity contribution in [1.82, 2.24) is 10.2 Å². The van der Waals surface area contributed by atoms with Crippen molar-refractivity contribution in [2.24, 2.45) is 0 Å². The highest BCUT2D eigenvalue weighted by Gasteiger charge is 2.26. The van der Waals surface area contributed by atoms with Crippen LogP contribution in [-0.4, -0.2) is 28.4 Å². The summed E-state index contributed by atoms with van der Waals surface area (Å²) in [6.07, 6.45) is 0.219. The van der Waals surface area contributed by atoms with E-state index >= 15 is 0 Å². The van der Waals surface area contributed by atoms with Crippen molar-refractivity contribution in [3.8, 4) is 0 Å². The molecule has 0 aliphatic heterocycles. The van der Waals surface area contributed by atoms with Crippen LogP contribution in [0.5, 0.6) is 0 Å². The number of rotatable bonds is 5. The third-order valence-electron chi connectivity index (χ3n) is 2.04. The van der Waals surface area contributed by atoms with Gasteiger partial charge in [-0.05, 0) is 13.8 Å². The lowest BCUT2D eigenvalue weighted by molar-refractivity contribution is -0.137. The number of hydrogen-bond acceptors (Lipinski definition) is 5. The zero-order valence-electron chi connectivity index (χ0n) is 8.98. The fourth-order valence-corrected chi connectivity index (χ4v) is 0.899. The van der Waals surface area contributed by atoms with Gasteiger partial charge < -0.3 is 14.3 Å². The lowest BCUT2D eigenvalue weighted by atomic mass is 10.1. The van der Waals surface area contributed by atoms with E-state index in [0.29, 0.717) is 11.8 Å². The Bertz CT molecular complexity index is 346. The van der Waals surface area contributed by atoms with Gasteiger partial charge >= 0.3 is 5.97 Å². The Morgan fingerprint density at radius 2 is 2.20 bits per heavy atom. The maximum atomic E-state index is 10.3. The number of carboxylic acid groups (broad SMARTS) is 1. The van der Waals surface area contributed by atoms with Crippen LogP contribution in [0.25, 0.3) is 0 Å². The molecular weight excluding hydrogens is 200 g/mol. The topological polar surface area (TPSA) is 85.5 Å². The Morgan fingerprint density at radius 3 is 2.73 bits per heavy atom. The summed E-state index contributed by atoms with van der Waals surface area (Å²) in [5.74, 6) is -0.219. The molecule has 0 unspecified atom stereocenters. The van der Waals surface area contributed by atoms with E-state index in [9.17, 15) is 4.79 Å². The summed E-state index contributed by atoms with van der Waals surface area (Å²) in [5, 5.41) is 16.0. The summed E-state index contributed by atoms with van der Waals surface area (Å²) < 4.78 is 10.4. The van der Waals surface area contributed by atoms with Gasteiger partial charge in [0.15, 0.2) is 0 Å². The van der Waals surface area contributed by atoms with Crippen LogP contribution in [0.1, 0.15) is 32.0 Å². The summed E-state index contributed by atoms with van der Waals surface area (Å²) >= 11 is 0. The Kier molecular flexibility index (Phi) is 3.41. The highest BCUT2D eigenvalue weighted by molar-refractivity contribution is 5.66. The van der Waals surface area contributed by atoms with Crippen molar-refractivity contribution in [3.63, 3.8) is 0 Å². The molecule has 0 bridgehead atoms. The predicted molar refractivity (Wildman–Crippen MR) is 50.3 cm³/mol. The molecule has 0 atom stereocenters. The Morgan fingerprint density at radius 1 is 1.53 bits per heavy atom. The molecule has 6 heteroatoms. The molecule has 1 aromatic heterocycles. The summed E-state index contributed by atoms with van der Waals surface area (Å²) in [6, 6.07) is 0. The fraction of sp³-hybridized carbons (Fsp3) is 0.667. The largest absolute Gasteiger partial charge is 0.481 e. The van der Waals surface area contributed by atoms with Crippen LogP contribution in [0.15, 0.2) is 4.42 Å². The molecule has 0 fully saturated rings. The van der Waals surface area contributed by atoms with E-state index in [4.69, 9.17) is 14.3 Å². The molecule has 1 N–H and O–H groups in total. The van der Waals surface area contributed by atoms with Crippen molar-refractivity contribution in [2.45, 2.75) is 32.3 Å². The van der Waals surface area contributed by atoms with Gasteiger partial charge in [-0.15, -0.1) is 10.2 Å². The second-order valence-corrected chi connectivity index (χ2v) is 3.61. The van der Waals surface area contributed by atoms with E-state index in [1.54, 1.807) is 21.0 Å². The quantitative estimate of drug-likeness (QED) is 0.785. The molecule has 1 heterocycles. The lowest BCUT2D eigenvalue weighted by Crippen LogP contribution is -2.19. The van der Waals surface area contributed by atoms with Crippen molar-refractivity contribution < 1.29 is 19.1 Å². The third kappa shape index (κ3) is 3.02. The van der Waals surface area contributed by atoms with Crippen LogP contribution in [0.2, 0.25) is 0 Å². The van der Waals surface area contributed by atoms with E-state index in [2.05, 4.69) is 10.2 Å². The van der Waals surface area contributed by atoms with Gasteiger partial charge in [-0.2, -0.15) is 0 Å². The van der Waals surface area contributed by atoms with Gasteiger partial charge in [0, 0.05) is 13.5 Å². The van der Waals surface area contributed by atoms with Crippen LogP contribution >= 0.6 is 0 Å². The lowest BCUT2D eigenvalue weighted by Gasteiger charge is -2.17. The molecule has 6 nitrogen and oxygen atoms in total. The van der Waals surface area contributed by atoms with E-state index < -0.39 is 11.6 Å². The fourth-order valence-electron chi connectivity index (χ4n) is 0.899. The molecule has 0 aliphatic carbocycles. The number of aryl methyl sites for hydroxylation is 1. The van der Waals surface area contributed by atoms with Gasteiger partial charge in [0.05, 0.1) is 6.42 Å². The number of aliphatic carboxylic acids is 1. The number of hydrogen-bond donors (Lipinski definition) is 1. The number of ether oxygens (including phenoxy) is 1. The molecule has 0 radical (unpaired) electrons. The summed E-state index contributed by atoms with van der Waals surface area (Å²) in [5.41, 5.74) is -0.644. The van der Waals surface area contributed by atoms with E-state index in [-0.39, 0.29) is 12.8 Å². The average Bonchev–Trinajstić information content (AvgIpc) is 2.63. The normalized spacial score (nSPS) is 11.7. The second-order valence-electron chi connectivity index (χ2n) is 3.61. The van der Waals surface area contributed by atoms with Crippen LogP contribution in [0.4, 0.5) is 0 Å². The summed E-state index contributed by atoms with van der Waals surface area (Å²) in [4.78, 5) is 10.3. The smallest absolute Gasteiger partial charge is 0.303 e. The van der Waals surface area contributed by atoms with Gasteiger partial charge in [-0.1, -0.05) is 0 Å². The molecule has 0 spiro atoms. The molecular formula is C9H14N2O4. The molecule has 0 saturated carbocycles. The number of aromatic nitrogens is 2. The first-order chi connectivity index (χ1) is 6.95. The number of carboxylic acids is 1. The Balaban J connectivity index is 2.68. The Hall–Kier alpha value is -1.43. The number of carbonyl (C=O) groups is 1. The van der Waals surface area contributed by atoms with E-state index in [0.717, 1.165) is 0 Å². The van der Waals surface area contributed by atoms with Gasteiger partial charge in [-0.3, -0.25) is 4.79 Å².